The van der Waals surface area contributed by atoms with Crippen LogP contribution in [0.4, 0.5) is 0 Å². The molecule has 0 spiro atoms. The Balaban J connectivity index is 2.70. The van der Waals surface area contributed by atoms with E-state index >= 15 is 0 Å². The SMILES string of the molecule is CC(CNS(=O)(=O)c1ccc(Br)s1)S(C)=O. The summed E-state index contributed by atoms with van der Waals surface area (Å²) in [6.45, 7) is 1.92. The average Bonchev–Trinajstić information content (AvgIpc) is 2.61. The lowest BCUT2D eigenvalue weighted by molar-refractivity contribution is 0.583. The fraction of sp³-hybridized carbons (Fsp3) is 0.500. The third kappa shape index (κ3) is 3.92. The Morgan fingerprint density at radius 3 is 2.62 bits per heavy atom. The van der Waals surface area contributed by atoms with Gasteiger partial charge in [0.15, 0.2) is 0 Å². The molecule has 0 saturated heterocycles. The van der Waals surface area contributed by atoms with E-state index in [1.54, 1.807) is 19.2 Å². The topological polar surface area (TPSA) is 63.2 Å². The molecule has 1 aromatic rings. The summed E-state index contributed by atoms with van der Waals surface area (Å²) < 4.78 is 38.0. The summed E-state index contributed by atoms with van der Waals surface area (Å²) in [7, 11) is -4.49. The first-order chi connectivity index (χ1) is 7.33. The van der Waals surface area contributed by atoms with Gasteiger partial charge in [-0.05, 0) is 35.0 Å². The molecule has 0 saturated carbocycles. The Labute approximate surface area is 110 Å². The first kappa shape index (κ1) is 14.3. The smallest absolute Gasteiger partial charge is 0.250 e. The minimum absolute atomic E-state index is 0.182. The largest absolute Gasteiger partial charge is 0.260 e. The summed E-state index contributed by atoms with van der Waals surface area (Å²) in [4.78, 5) is 0. The van der Waals surface area contributed by atoms with Crippen LogP contribution >= 0.6 is 27.3 Å². The molecule has 0 radical (unpaired) electrons. The van der Waals surface area contributed by atoms with Crippen LogP contribution in [0.5, 0.6) is 0 Å². The molecular formula is C8H12BrNO3S3. The molecule has 1 heterocycles. The van der Waals surface area contributed by atoms with Gasteiger partial charge in [-0.25, -0.2) is 13.1 Å². The number of thiophene rings is 1. The second-order valence-corrected chi connectivity index (χ2v) is 9.48. The van der Waals surface area contributed by atoms with Crippen molar-refractivity contribution in [3.8, 4) is 0 Å². The van der Waals surface area contributed by atoms with Crippen molar-refractivity contribution in [2.45, 2.75) is 16.4 Å². The van der Waals surface area contributed by atoms with Crippen LogP contribution in [0.15, 0.2) is 20.1 Å². The van der Waals surface area contributed by atoms with E-state index in [1.165, 1.54) is 6.07 Å². The minimum Gasteiger partial charge on any atom is -0.260 e. The van der Waals surface area contributed by atoms with Crippen LogP contribution in [0, 0.1) is 0 Å². The van der Waals surface area contributed by atoms with E-state index in [4.69, 9.17) is 0 Å². The summed E-state index contributed by atoms with van der Waals surface area (Å²) in [6, 6.07) is 3.21. The maximum Gasteiger partial charge on any atom is 0.250 e. The van der Waals surface area contributed by atoms with E-state index in [9.17, 15) is 12.6 Å². The molecule has 92 valence electrons. The van der Waals surface area contributed by atoms with Gasteiger partial charge in [-0.2, -0.15) is 0 Å². The van der Waals surface area contributed by atoms with E-state index in [1.807, 2.05) is 0 Å². The number of hydrogen-bond acceptors (Lipinski definition) is 4. The van der Waals surface area contributed by atoms with Crippen molar-refractivity contribution >= 4 is 48.1 Å². The highest BCUT2D eigenvalue weighted by Gasteiger charge is 2.18. The zero-order valence-corrected chi connectivity index (χ0v) is 12.8. The van der Waals surface area contributed by atoms with Crippen molar-refractivity contribution in [2.75, 3.05) is 12.8 Å². The van der Waals surface area contributed by atoms with Gasteiger partial charge >= 0.3 is 0 Å². The fourth-order valence-electron chi connectivity index (χ4n) is 0.858. The molecule has 1 aromatic heterocycles. The van der Waals surface area contributed by atoms with Gasteiger partial charge in [0, 0.05) is 28.9 Å². The number of sulfonamides is 1. The lowest BCUT2D eigenvalue weighted by Crippen LogP contribution is -2.32. The summed E-state index contributed by atoms with van der Waals surface area (Å²) in [5.74, 6) is 0. The average molecular weight is 346 g/mol. The fourth-order valence-corrected chi connectivity index (χ4v) is 4.47. The lowest BCUT2D eigenvalue weighted by atomic mass is 10.5. The highest BCUT2D eigenvalue weighted by atomic mass is 79.9. The predicted molar refractivity (Wildman–Crippen MR) is 70.7 cm³/mol. The van der Waals surface area contributed by atoms with Crippen molar-refractivity contribution in [3.63, 3.8) is 0 Å². The number of halogens is 1. The minimum atomic E-state index is -3.46. The summed E-state index contributed by atoms with van der Waals surface area (Å²) in [5, 5.41) is -0.196. The second kappa shape index (κ2) is 5.72. The molecule has 4 nitrogen and oxygen atoms in total. The third-order valence-electron chi connectivity index (χ3n) is 1.94. The van der Waals surface area contributed by atoms with Crippen molar-refractivity contribution in [3.05, 3.63) is 15.9 Å². The van der Waals surface area contributed by atoms with Crippen molar-refractivity contribution in [1.82, 2.24) is 4.72 Å². The summed E-state index contributed by atoms with van der Waals surface area (Å²) >= 11 is 4.35. The first-order valence-electron chi connectivity index (χ1n) is 4.40. The van der Waals surface area contributed by atoms with Crippen molar-refractivity contribution in [2.24, 2.45) is 0 Å². The monoisotopic (exact) mass is 345 g/mol. The summed E-state index contributed by atoms with van der Waals surface area (Å²) in [5.41, 5.74) is 0. The highest BCUT2D eigenvalue weighted by molar-refractivity contribution is 9.11. The van der Waals surface area contributed by atoms with Gasteiger partial charge in [0.05, 0.1) is 3.79 Å². The molecule has 0 aliphatic heterocycles. The first-order valence-corrected chi connectivity index (χ1v) is 9.11. The molecule has 0 amide bonds. The van der Waals surface area contributed by atoms with Crippen LogP contribution in [0.3, 0.4) is 0 Å². The van der Waals surface area contributed by atoms with Crippen LogP contribution in [-0.2, 0) is 20.8 Å². The van der Waals surface area contributed by atoms with Crippen LogP contribution in [0.2, 0.25) is 0 Å². The van der Waals surface area contributed by atoms with Gasteiger partial charge in [-0.3, -0.25) is 4.21 Å². The molecule has 0 fully saturated rings. The normalized spacial score (nSPS) is 15.9. The van der Waals surface area contributed by atoms with Crippen LogP contribution in [-0.4, -0.2) is 30.7 Å². The Morgan fingerprint density at radius 2 is 2.19 bits per heavy atom. The molecule has 0 aliphatic carbocycles. The van der Waals surface area contributed by atoms with Crippen LogP contribution < -0.4 is 4.72 Å². The Morgan fingerprint density at radius 1 is 1.56 bits per heavy atom. The zero-order chi connectivity index (χ0) is 12.3. The van der Waals surface area contributed by atoms with Gasteiger partial charge in [0.1, 0.15) is 4.21 Å². The molecule has 2 atom stereocenters. The van der Waals surface area contributed by atoms with E-state index in [0.29, 0.717) is 0 Å². The van der Waals surface area contributed by atoms with E-state index in [0.717, 1.165) is 15.1 Å². The maximum atomic E-state index is 11.8. The quantitative estimate of drug-likeness (QED) is 0.880. The van der Waals surface area contributed by atoms with E-state index in [-0.39, 0.29) is 16.0 Å². The van der Waals surface area contributed by atoms with Crippen molar-refractivity contribution in [1.29, 1.82) is 0 Å². The summed E-state index contributed by atoms with van der Waals surface area (Å²) in [6.07, 6.45) is 1.56. The van der Waals surface area contributed by atoms with Gasteiger partial charge in [0.2, 0.25) is 10.0 Å². The van der Waals surface area contributed by atoms with Gasteiger partial charge in [-0.1, -0.05) is 0 Å². The second-order valence-electron chi connectivity index (χ2n) is 3.22. The Bertz CT molecular complexity index is 482. The lowest BCUT2D eigenvalue weighted by Gasteiger charge is -2.09. The van der Waals surface area contributed by atoms with Gasteiger partial charge < -0.3 is 0 Å². The Hall–Kier alpha value is 0.240. The Kier molecular flexibility index (Phi) is 5.11. The molecule has 2 unspecified atom stereocenters. The maximum absolute atomic E-state index is 11.8. The third-order valence-corrected chi connectivity index (χ3v) is 6.78. The van der Waals surface area contributed by atoms with Gasteiger partial charge in [-0.15, -0.1) is 11.3 Å². The number of hydrogen-bond donors (Lipinski definition) is 1. The molecule has 1 rings (SSSR count). The molecule has 8 heteroatoms. The predicted octanol–water partition coefficient (Wildman–Crippen LogP) is 1.56. The molecule has 1 N–H and O–H groups in total. The molecule has 16 heavy (non-hydrogen) atoms. The number of nitrogens with one attached hydrogen (secondary N) is 1. The molecule has 0 bridgehead atoms. The van der Waals surface area contributed by atoms with Crippen LogP contribution in [0.25, 0.3) is 0 Å². The highest BCUT2D eigenvalue weighted by Crippen LogP contribution is 2.25. The molecule has 0 aliphatic rings. The molecule has 0 aromatic carbocycles. The number of rotatable bonds is 5. The van der Waals surface area contributed by atoms with Crippen molar-refractivity contribution < 1.29 is 12.6 Å². The molecular weight excluding hydrogens is 334 g/mol. The zero-order valence-electron chi connectivity index (χ0n) is 8.77. The van der Waals surface area contributed by atoms with Gasteiger partial charge in [0.25, 0.3) is 0 Å². The van der Waals surface area contributed by atoms with E-state index in [2.05, 4.69) is 20.7 Å². The van der Waals surface area contributed by atoms with Crippen LogP contribution in [0.1, 0.15) is 6.92 Å². The standard InChI is InChI=1S/C8H12BrNO3S3/c1-6(15(2)11)5-10-16(12,13)8-4-3-7(9)14-8/h3-4,6,10H,5H2,1-2H3. The van der Waals surface area contributed by atoms with E-state index < -0.39 is 20.8 Å².